The van der Waals surface area contributed by atoms with E-state index >= 15 is 0 Å². The van der Waals surface area contributed by atoms with Crippen molar-refractivity contribution in [2.24, 2.45) is 0 Å². The normalized spacial score (nSPS) is 10.5. The van der Waals surface area contributed by atoms with Crippen LogP contribution in [0.3, 0.4) is 0 Å². The second-order valence-electron chi connectivity index (χ2n) is 5.09. The minimum absolute atomic E-state index is 0.207. The van der Waals surface area contributed by atoms with Gasteiger partial charge in [0, 0.05) is 6.08 Å². The van der Waals surface area contributed by atoms with Gasteiger partial charge in [-0.2, -0.15) is 0 Å². The number of benzene rings is 2. The maximum atomic E-state index is 11.9. The van der Waals surface area contributed by atoms with Gasteiger partial charge in [0.2, 0.25) is 6.20 Å². The van der Waals surface area contributed by atoms with Crippen LogP contribution in [0.2, 0.25) is 0 Å². The van der Waals surface area contributed by atoms with Gasteiger partial charge in [-0.05, 0) is 42.3 Å². The number of ether oxygens (including phenoxy) is 3. The molecule has 0 unspecified atom stereocenters. The van der Waals surface area contributed by atoms with Crippen molar-refractivity contribution in [1.29, 1.82) is 0 Å². The molecule has 0 aromatic heterocycles. The number of rotatable bonds is 7. The van der Waals surface area contributed by atoms with Gasteiger partial charge in [0.1, 0.15) is 5.75 Å². The minimum atomic E-state index is -0.589. The molecule has 0 bridgehead atoms. The summed E-state index contributed by atoms with van der Waals surface area (Å²) in [4.78, 5) is 21.7. The van der Waals surface area contributed by atoms with Crippen molar-refractivity contribution in [2.75, 3.05) is 13.7 Å². The number of methoxy groups -OCH3 is 1. The molecule has 0 spiro atoms. The average Bonchev–Trinajstić information content (AvgIpc) is 2.59. The Labute approximate surface area is 144 Å². The highest BCUT2D eigenvalue weighted by Crippen LogP contribution is 2.28. The van der Waals surface area contributed by atoms with Crippen LogP contribution in [-0.2, 0) is 4.79 Å². The van der Waals surface area contributed by atoms with E-state index in [9.17, 15) is 14.9 Å². The molecule has 0 atom stereocenters. The Morgan fingerprint density at radius 1 is 1.20 bits per heavy atom. The first-order valence-electron chi connectivity index (χ1n) is 7.38. The smallest absolute Gasteiger partial charge is 0.349 e. The first-order chi connectivity index (χ1) is 12.0. The van der Waals surface area contributed by atoms with Crippen molar-refractivity contribution < 1.29 is 23.9 Å². The maximum absolute atomic E-state index is 11.9. The molecule has 0 saturated heterocycles. The fourth-order valence-corrected chi connectivity index (χ4v) is 2.02. The molecule has 0 heterocycles. The molecule has 0 saturated carbocycles. The van der Waals surface area contributed by atoms with Crippen LogP contribution in [0.15, 0.2) is 48.7 Å². The quantitative estimate of drug-likeness (QED) is 0.332. The highest BCUT2D eigenvalue weighted by Gasteiger charge is 2.11. The lowest BCUT2D eigenvalue weighted by atomic mass is 10.2. The van der Waals surface area contributed by atoms with Crippen LogP contribution in [0.4, 0.5) is 0 Å². The van der Waals surface area contributed by atoms with Crippen molar-refractivity contribution >= 4 is 12.0 Å². The summed E-state index contributed by atoms with van der Waals surface area (Å²) in [7, 11) is 1.41. The number of carbonyl (C=O) groups excluding carboxylic acids is 1. The van der Waals surface area contributed by atoms with E-state index in [1.54, 1.807) is 12.1 Å². The molecule has 130 valence electrons. The van der Waals surface area contributed by atoms with Crippen molar-refractivity contribution in [3.8, 4) is 17.2 Å². The van der Waals surface area contributed by atoms with E-state index in [-0.39, 0.29) is 18.1 Å². The Kier molecular flexibility index (Phi) is 6.11. The lowest BCUT2D eigenvalue weighted by Crippen LogP contribution is -2.18. The molecule has 0 fully saturated rings. The molecular formula is C18H17NO6. The van der Waals surface area contributed by atoms with Crippen molar-refractivity contribution in [2.45, 2.75) is 6.92 Å². The van der Waals surface area contributed by atoms with E-state index in [4.69, 9.17) is 14.2 Å². The average molecular weight is 343 g/mol. The molecule has 2 aromatic carbocycles. The summed E-state index contributed by atoms with van der Waals surface area (Å²) in [5.74, 6) is 0.477. The number of carbonyl (C=O) groups is 1. The Morgan fingerprint density at radius 3 is 2.68 bits per heavy atom. The van der Waals surface area contributed by atoms with E-state index in [0.717, 1.165) is 11.8 Å². The molecule has 25 heavy (non-hydrogen) atoms. The van der Waals surface area contributed by atoms with Gasteiger partial charge in [-0.15, -0.1) is 0 Å². The largest absolute Gasteiger partial charge is 0.493 e. The topological polar surface area (TPSA) is 87.9 Å². The van der Waals surface area contributed by atoms with Gasteiger partial charge in [0.25, 0.3) is 0 Å². The van der Waals surface area contributed by atoms with Crippen LogP contribution >= 0.6 is 0 Å². The SMILES string of the molecule is COc1cc(/C=C/[N+](=O)[O-])ccc1OC(=O)COc1cccc(C)c1. The van der Waals surface area contributed by atoms with E-state index in [1.165, 1.54) is 25.3 Å². The monoisotopic (exact) mass is 343 g/mol. The number of aryl methyl sites for hydroxylation is 1. The Bertz CT molecular complexity index is 800. The molecule has 7 heteroatoms. The van der Waals surface area contributed by atoms with Crippen molar-refractivity contribution in [3.05, 3.63) is 69.9 Å². The Morgan fingerprint density at radius 2 is 2.00 bits per heavy atom. The highest BCUT2D eigenvalue weighted by molar-refractivity contribution is 5.75. The van der Waals surface area contributed by atoms with Gasteiger partial charge in [-0.25, -0.2) is 4.79 Å². The number of hydrogen-bond donors (Lipinski definition) is 0. The fraction of sp³-hybridized carbons (Fsp3) is 0.167. The molecule has 0 N–H and O–H groups in total. The van der Waals surface area contributed by atoms with Gasteiger partial charge in [-0.1, -0.05) is 18.2 Å². The third kappa shape index (κ3) is 5.65. The van der Waals surface area contributed by atoms with Gasteiger partial charge in [-0.3, -0.25) is 10.1 Å². The summed E-state index contributed by atoms with van der Waals surface area (Å²) < 4.78 is 15.8. The summed E-state index contributed by atoms with van der Waals surface area (Å²) in [6, 6.07) is 11.9. The molecule has 2 aromatic rings. The van der Waals surface area contributed by atoms with Crippen molar-refractivity contribution in [1.82, 2.24) is 0 Å². The molecule has 0 radical (unpaired) electrons. The van der Waals surface area contributed by atoms with Crippen LogP contribution in [0, 0.1) is 17.0 Å². The second-order valence-corrected chi connectivity index (χ2v) is 5.09. The fourth-order valence-electron chi connectivity index (χ4n) is 2.02. The molecule has 7 nitrogen and oxygen atoms in total. The van der Waals surface area contributed by atoms with Crippen LogP contribution in [0.25, 0.3) is 6.08 Å². The molecule has 2 rings (SSSR count). The standard InChI is InChI=1S/C18H17NO6/c1-13-4-3-5-15(10-13)24-12-18(20)25-16-7-6-14(8-9-19(21)22)11-17(16)23-2/h3-11H,12H2,1-2H3/b9-8+. The van der Waals surface area contributed by atoms with Gasteiger partial charge in [0.05, 0.1) is 12.0 Å². The zero-order chi connectivity index (χ0) is 18.2. The molecule has 0 aliphatic heterocycles. The van der Waals surface area contributed by atoms with E-state index in [2.05, 4.69) is 0 Å². The Hall–Kier alpha value is -3.35. The summed E-state index contributed by atoms with van der Waals surface area (Å²) in [5.41, 5.74) is 1.57. The molecular weight excluding hydrogens is 326 g/mol. The Balaban J connectivity index is 2.01. The predicted molar refractivity (Wildman–Crippen MR) is 91.3 cm³/mol. The molecule has 0 aliphatic carbocycles. The van der Waals surface area contributed by atoms with E-state index in [1.807, 2.05) is 25.1 Å². The third-order valence-electron chi connectivity index (χ3n) is 3.15. The van der Waals surface area contributed by atoms with Crippen LogP contribution in [-0.4, -0.2) is 24.6 Å². The second kappa shape index (κ2) is 8.49. The number of esters is 1. The van der Waals surface area contributed by atoms with Gasteiger partial charge >= 0.3 is 5.97 Å². The lowest BCUT2D eigenvalue weighted by molar-refractivity contribution is -0.400. The van der Waals surface area contributed by atoms with Crippen molar-refractivity contribution in [3.63, 3.8) is 0 Å². The van der Waals surface area contributed by atoms with Crippen LogP contribution in [0.5, 0.6) is 17.2 Å². The van der Waals surface area contributed by atoms with Gasteiger partial charge < -0.3 is 14.2 Å². The first kappa shape index (κ1) is 18.0. The minimum Gasteiger partial charge on any atom is -0.493 e. The molecule has 0 aliphatic rings. The zero-order valence-corrected chi connectivity index (χ0v) is 13.8. The lowest BCUT2D eigenvalue weighted by Gasteiger charge is -2.10. The van der Waals surface area contributed by atoms with Gasteiger partial charge in [0.15, 0.2) is 18.1 Å². The number of nitro groups is 1. The number of hydrogen-bond acceptors (Lipinski definition) is 6. The summed E-state index contributed by atoms with van der Waals surface area (Å²) in [5, 5.41) is 10.4. The van der Waals surface area contributed by atoms with E-state index in [0.29, 0.717) is 11.3 Å². The van der Waals surface area contributed by atoms with Crippen LogP contribution in [0.1, 0.15) is 11.1 Å². The van der Waals surface area contributed by atoms with Crippen LogP contribution < -0.4 is 14.2 Å². The number of nitrogens with zero attached hydrogens (tertiary/aromatic N) is 1. The summed E-state index contributed by atoms with van der Waals surface area (Å²) in [6.07, 6.45) is 2.13. The summed E-state index contributed by atoms with van der Waals surface area (Å²) in [6.45, 7) is 1.67. The highest BCUT2D eigenvalue weighted by atomic mass is 16.6. The zero-order valence-electron chi connectivity index (χ0n) is 13.8. The molecule has 0 amide bonds. The van der Waals surface area contributed by atoms with E-state index < -0.39 is 10.9 Å². The third-order valence-corrected chi connectivity index (χ3v) is 3.15. The predicted octanol–water partition coefficient (Wildman–Crippen LogP) is 3.24. The maximum Gasteiger partial charge on any atom is 0.349 e. The first-order valence-corrected chi connectivity index (χ1v) is 7.38. The summed E-state index contributed by atoms with van der Waals surface area (Å²) >= 11 is 0.